The number of anilines is 1. The predicted molar refractivity (Wildman–Crippen MR) is 128 cm³/mol. The maximum atomic E-state index is 12.8. The monoisotopic (exact) mass is 460 g/mol. The van der Waals surface area contributed by atoms with Crippen LogP contribution in [0.15, 0.2) is 90.1 Å². The van der Waals surface area contributed by atoms with Gasteiger partial charge in [0.25, 0.3) is 15.9 Å². The number of carbonyl (C=O) groups excluding carboxylic acids is 1. The molecule has 2 N–H and O–H groups in total. The number of hydrogen-bond donors (Lipinski definition) is 2. The van der Waals surface area contributed by atoms with Gasteiger partial charge in [-0.3, -0.25) is 9.52 Å². The van der Waals surface area contributed by atoms with Gasteiger partial charge in [-0.2, -0.15) is 5.10 Å². The van der Waals surface area contributed by atoms with Crippen molar-refractivity contribution in [3.05, 3.63) is 107 Å². The van der Waals surface area contributed by atoms with Gasteiger partial charge < -0.3 is 5.32 Å². The number of carbonyl (C=O) groups is 1. The minimum atomic E-state index is -3.73. The van der Waals surface area contributed by atoms with Gasteiger partial charge in [-0.1, -0.05) is 30.3 Å². The molecule has 1 aromatic heterocycles. The van der Waals surface area contributed by atoms with Gasteiger partial charge in [0, 0.05) is 30.2 Å². The highest BCUT2D eigenvalue weighted by Gasteiger charge is 2.17. The molecule has 1 amide bonds. The number of sulfonamides is 1. The third-order valence-corrected chi connectivity index (χ3v) is 6.74. The molecule has 0 aliphatic carbocycles. The van der Waals surface area contributed by atoms with Crippen molar-refractivity contribution in [2.45, 2.75) is 25.3 Å². The topological polar surface area (TPSA) is 93.1 Å². The molecule has 4 rings (SSSR count). The van der Waals surface area contributed by atoms with Gasteiger partial charge in [0.1, 0.15) is 0 Å². The highest BCUT2D eigenvalue weighted by Crippen LogP contribution is 2.21. The lowest BCUT2D eigenvalue weighted by atomic mass is 10.1. The van der Waals surface area contributed by atoms with E-state index < -0.39 is 10.0 Å². The van der Waals surface area contributed by atoms with Gasteiger partial charge in [0.2, 0.25) is 0 Å². The van der Waals surface area contributed by atoms with Crippen molar-refractivity contribution in [3.63, 3.8) is 0 Å². The molecule has 7 nitrogen and oxygen atoms in total. The molecule has 0 aliphatic heterocycles. The molecule has 4 aromatic rings. The van der Waals surface area contributed by atoms with E-state index in [2.05, 4.69) is 15.1 Å². The Hall–Kier alpha value is -3.91. The molecule has 0 saturated heterocycles. The highest BCUT2D eigenvalue weighted by molar-refractivity contribution is 7.92. The molecule has 8 heteroatoms. The molecule has 0 fully saturated rings. The zero-order chi connectivity index (χ0) is 23.4. The average molecular weight is 461 g/mol. The molecule has 0 saturated carbocycles. The normalized spacial score (nSPS) is 11.2. The zero-order valence-electron chi connectivity index (χ0n) is 18.3. The van der Waals surface area contributed by atoms with E-state index in [1.165, 1.54) is 0 Å². The van der Waals surface area contributed by atoms with Crippen molar-refractivity contribution in [2.75, 3.05) is 4.72 Å². The lowest BCUT2D eigenvalue weighted by molar-refractivity contribution is 0.0951. The molecular formula is C25H24N4O3S. The van der Waals surface area contributed by atoms with Crippen LogP contribution >= 0.6 is 0 Å². The molecule has 3 aromatic carbocycles. The molecule has 0 bridgehead atoms. The molecule has 0 spiro atoms. The summed E-state index contributed by atoms with van der Waals surface area (Å²) in [4.78, 5) is 12.9. The van der Waals surface area contributed by atoms with Crippen molar-refractivity contribution in [1.82, 2.24) is 15.1 Å². The standard InChI is InChI=1S/C25H24N4O3S/c1-18-8-9-19(2)24(16-18)33(31,32)28-22-12-10-20(11-13-22)25(30)26-17-21-6-3-4-7-23(21)29-15-5-14-27-29/h3-16,28H,17H2,1-2H3,(H,26,30). The lowest BCUT2D eigenvalue weighted by Crippen LogP contribution is -2.23. The molecule has 33 heavy (non-hydrogen) atoms. The van der Waals surface area contributed by atoms with Crippen molar-refractivity contribution in [3.8, 4) is 5.69 Å². The summed E-state index contributed by atoms with van der Waals surface area (Å²) in [5.74, 6) is -0.255. The van der Waals surface area contributed by atoms with E-state index in [1.54, 1.807) is 54.2 Å². The van der Waals surface area contributed by atoms with E-state index in [-0.39, 0.29) is 10.8 Å². The van der Waals surface area contributed by atoms with E-state index >= 15 is 0 Å². The minimum Gasteiger partial charge on any atom is -0.348 e. The Balaban J connectivity index is 1.44. The van der Waals surface area contributed by atoms with E-state index in [1.807, 2.05) is 49.5 Å². The SMILES string of the molecule is Cc1ccc(C)c(S(=O)(=O)Nc2ccc(C(=O)NCc3ccccc3-n3cccn3)cc2)c1. The van der Waals surface area contributed by atoms with Gasteiger partial charge in [0.15, 0.2) is 0 Å². The maximum absolute atomic E-state index is 12.8. The Kier molecular flexibility index (Phi) is 6.28. The van der Waals surface area contributed by atoms with Crippen LogP contribution in [0.2, 0.25) is 0 Å². The molecule has 0 atom stereocenters. The smallest absolute Gasteiger partial charge is 0.262 e. The Bertz CT molecular complexity index is 1380. The van der Waals surface area contributed by atoms with Crippen molar-refractivity contribution in [2.24, 2.45) is 0 Å². The van der Waals surface area contributed by atoms with Gasteiger partial charge >= 0.3 is 0 Å². The highest BCUT2D eigenvalue weighted by atomic mass is 32.2. The zero-order valence-corrected chi connectivity index (χ0v) is 19.1. The number of nitrogens with zero attached hydrogens (tertiary/aromatic N) is 2. The third kappa shape index (κ3) is 5.12. The minimum absolute atomic E-state index is 0.236. The van der Waals surface area contributed by atoms with Crippen molar-refractivity contribution >= 4 is 21.6 Å². The summed E-state index contributed by atoms with van der Waals surface area (Å²) in [6.45, 7) is 3.93. The van der Waals surface area contributed by atoms with Crippen LogP contribution in [0, 0.1) is 13.8 Å². The summed E-state index contributed by atoms with van der Waals surface area (Å²) in [5.41, 5.74) is 4.16. The van der Waals surface area contributed by atoms with Crippen LogP contribution in [0.1, 0.15) is 27.0 Å². The quantitative estimate of drug-likeness (QED) is 0.432. The molecule has 0 radical (unpaired) electrons. The van der Waals surface area contributed by atoms with Gasteiger partial charge in [-0.25, -0.2) is 13.1 Å². The first-order chi connectivity index (χ1) is 15.8. The van der Waals surface area contributed by atoms with E-state index in [9.17, 15) is 13.2 Å². The van der Waals surface area contributed by atoms with Crippen LogP contribution in [0.25, 0.3) is 5.69 Å². The second-order valence-corrected chi connectivity index (χ2v) is 9.36. The first-order valence-corrected chi connectivity index (χ1v) is 11.9. The Morgan fingerprint density at radius 1 is 0.970 bits per heavy atom. The average Bonchev–Trinajstić information content (AvgIpc) is 3.34. The predicted octanol–water partition coefficient (Wildman–Crippen LogP) is 4.22. The number of aryl methyl sites for hydroxylation is 2. The summed E-state index contributed by atoms with van der Waals surface area (Å²) in [6.07, 6.45) is 3.55. The van der Waals surface area contributed by atoms with Gasteiger partial charge in [0.05, 0.1) is 10.6 Å². The summed E-state index contributed by atoms with van der Waals surface area (Å²) in [6, 6.07) is 21.2. The number of nitrogens with one attached hydrogen (secondary N) is 2. The number of hydrogen-bond acceptors (Lipinski definition) is 4. The van der Waals surface area contributed by atoms with Gasteiger partial charge in [-0.15, -0.1) is 0 Å². The van der Waals surface area contributed by atoms with Crippen LogP contribution in [0.3, 0.4) is 0 Å². The first-order valence-electron chi connectivity index (χ1n) is 10.4. The second kappa shape index (κ2) is 9.30. The third-order valence-electron chi connectivity index (χ3n) is 5.21. The van der Waals surface area contributed by atoms with Crippen molar-refractivity contribution < 1.29 is 13.2 Å². The summed E-state index contributed by atoms with van der Waals surface area (Å²) in [5, 5.41) is 7.16. The largest absolute Gasteiger partial charge is 0.348 e. The fourth-order valence-corrected chi connectivity index (χ4v) is 4.86. The van der Waals surface area contributed by atoms with Crippen molar-refractivity contribution in [1.29, 1.82) is 0 Å². The number of rotatable bonds is 7. The van der Waals surface area contributed by atoms with E-state index in [4.69, 9.17) is 0 Å². The molecule has 0 aliphatic rings. The maximum Gasteiger partial charge on any atom is 0.262 e. The molecular weight excluding hydrogens is 436 g/mol. The molecule has 168 valence electrons. The number of para-hydroxylation sites is 1. The van der Waals surface area contributed by atoms with Crippen LogP contribution in [-0.2, 0) is 16.6 Å². The summed E-state index contributed by atoms with van der Waals surface area (Å²) < 4.78 is 29.9. The van der Waals surface area contributed by atoms with E-state index in [0.717, 1.165) is 16.8 Å². The molecule has 0 unspecified atom stereocenters. The molecule has 1 heterocycles. The lowest BCUT2D eigenvalue weighted by Gasteiger charge is -2.12. The van der Waals surface area contributed by atoms with E-state index in [0.29, 0.717) is 23.4 Å². The fourth-order valence-electron chi connectivity index (χ4n) is 3.47. The van der Waals surface area contributed by atoms with Gasteiger partial charge in [-0.05, 0) is 73.0 Å². The van der Waals surface area contributed by atoms with Crippen LogP contribution in [-0.4, -0.2) is 24.1 Å². The summed E-state index contributed by atoms with van der Waals surface area (Å²) >= 11 is 0. The first kappa shape index (κ1) is 22.3. The second-order valence-electron chi connectivity index (χ2n) is 7.71. The Morgan fingerprint density at radius 3 is 2.45 bits per heavy atom. The van der Waals surface area contributed by atoms with Crippen LogP contribution < -0.4 is 10.0 Å². The van der Waals surface area contributed by atoms with Crippen LogP contribution in [0.5, 0.6) is 0 Å². The Labute approximate surface area is 193 Å². The Morgan fingerprint density at radius 2 is 1.73 bits per heavy atom. The number of benzene rings is 3. The fraction of sp³-hybridized carbons (Fsp3) is 0.120. The number of aromatic nitrogens is 2. The number of amides is 1. The van der Waals surface area contributed by atoms with Crippen LogP contribution in [0.4, 0.5) is 5.69 Å². The summed E-state index contributed by atoms with van der Waals surface area (Å²) in [7, 11) is -3.73.